The van der Waals surface area contributed by atoms with Crippen LogP contribution in [0.2, 0.25) is 0 Å². The Labute approximate surface area is 127 Å². The Morgan fingerprint density at radius 2 is 1.91 bits per heavy atom. The highest BCUT2D eigenvalue weighted by atomic mass is 19.4. The van der Waals surface area contributed by atoms with E-state index in [1.54, 1.807) is 12.1 Å². The molecule has 0 bridgehead atoms. The van der Waals surface area contributed by atoms with Crippen LogP contribution in [-0.4, -0.2) is 31.9 Å². The Bertz CT molecular complexity index is 605. The molecule has 1 aromatic heterocycles. The number of benzene rings is 1. The third kappa shape index (κ3) is 5.11. The van der Waals surface area contributed by atoms with Gasteiger partial charge in [-0.1, -0.05) is 12.1 Å². The van der Waals surface area contributed by atoms with Crippen molar-refractivity contribution in [1.82, 2.24) is 4.90 Å². The summed E-state index contributed by atoms with van der Waals surface area (Å²) in [7, 11) is 4.00. The number of nitrogens with zero attached hydrogens (tertiary/aromatic N) is 1. The summed E-state index contributed by atoms with van der Waals surface area (Å²) in [5.74, 6) is 1.10. The van der Waals surface area contributed by atoms with Crippen LogP contribution in [0.5, 0.6) is 5.75 Å². The molecule has 0 fully saturated rings. The van der Waals surface area contributed by atoms with Crippen LogP contribution in [0.25, 0.3) is 11.3 Å². The summed E-state index contributed by atoms with van der Waals surface area (Å²) in [6.45, 7) is 0.949. The fourth-order valence-electron chi connectivity index (χ4n) is 2.08. The van der Waals surface area contributed by atoms with Crippen LogP contribution >= 0.6 is 0 Å². The van der Waals surface area contributed by atoms with E-state index in [0.29, 0.717) is 11.3 Å². The van der Waals surface area contributed by atoms with Gasteiger partial charge in [0, 0.05) is 12.0 Å². The molecule has 0 atom stereocenters. The van der Waals surface area contributed by atoms with E-state index in [1.165, 1.54) is 18.2 Å². The molecule has 2 rings (SSSR count). The van der Waals surface area contributed by atoms with E-state index in [-0.39, 0.29) is 5.75 Å². The summed E-state index contributed by atoms with van der Waals surface area (Å²) >= 11 is 0. The standard InChI is InChI=1S/C16H18F3NO2/c1-20(2)10-4-7-13-8-9-15(21-13)12-5-3-6-14(11-12)22-16(17,18)19/h3,5-6,8-9,11H,4,7,10H2,1-2H3. The zero-order valence-corrected chi connectivity index (χ0v) is 12.5. The summed E-state index contributed by atoms with van der Waals surface area (Å²) < 4.78 is 46.3. The second kappa shape index (κ2) is 6.87. The molecule has 1 heterocycles. The minimum absolute atomic E-state index is 0.254. The van der Waals surface area contributed by atoms with E-state index in [1.807, 2.05) is 20.2 Å². The molecule has 0 saturated carbocycles. The Morgan fingerprint density at radius 1 is 1.14 bits per heavy atom. The molecule has 3 nitrogen and oxygen atoms in total. The molecule has 6 heteroatoms. The van der Waals surface area contributed by atoms with E-state index < -0.39 is 6.36 Å². The minimum Gasteiger partial charge on any atom is -0.461 e. The largest absolute Gasteiger partial charge is 0.573 e. The first kappa shape index (κ1) is 16.4. The maximum Gasteiger partial charge on any atom is 0.573 e. The van der Waals surface area contributed by atoms with Crippen molar-refractivity contribution in [1.29, 1.82) is 0 Å². The lowest BCUT2D eigenvalue weighted by atomic mass is 10.1. The molecule has 2 aromatic rings. The summed E-state index contributed by atoms with van der Waals surface area (Å²) in [6, 6.07) is 9.38. The SMILES string of the molecule is CN(C)CCCc1ccc(-c2cccc(OC(F)(F)F)c2)o1. The van der Waals surface area contributed by atoms with Crippen LogP contribution in [0.1, 0.15) is 12.2 Å². The van der Waals surface area contributed by atoms with Gasteiger partial charge >= 0.3 is 6.36 Å². The second-order valence-electron chi connectivity index (χ2n) is 5.25. The quantitative estimate of drug-likeness (QED) is 0.793. The number of aryl methyl sites for hydroxylation is 1. The average Bonchev–Trinajstić information content (AvgIpc) is 2.85. The number of hydrogen-bond donors (Lipinski definition) is 0. The lowest BCUT2D eigenvalue weighted by Crippen LogP contribution is -2.17. The van der Waals surface area contributed by atoms with Crippen molar-refractivity contribution in [3.63, 3.8) is 0 Å². The first-order valence-electron chi connectivity index (χ1n) is 6.93. The number of halogens is 3. The molecule has 0 saturated heterocycles. The highest BCUT2D eigenvalue weighted by Gasteiger charge is 2.31. The number of ether oxygens (including phenoxy) is 1. The van der Waals surface area contributed by atoms with Gasteiger partial charge in [-0.15, -0.1) is 13.2 Å². The minimum atomic E-state index is -4.70. The first-order valence-corrected chi connectivity index (χ1v) is 6.93. The molecule has 120 valence electrons. The highest BCUT2D eigenvalue weighted by Crippen LogP contribution is 2.29. The number of furan rings is 1. The zero-order valence-electron chi connectivity index (χ0n) is 12.5. The van der Waals surface area contributed by atoms with Gasteiger partial charge in [0.2, 0.25) is 0 Å². The fraction of sp³-hybridized carbons (Fsp3) is 0.375. The Morgan fingerprint density at radius 3 is 2.59 bits per heavy atom. The molecule has 0 aliphatic rings. The summed E-state index contributed by atoms with van der Waals surface area (Å²) in [6.07, 6.45) is -2.95. The third-order valence-electron chi connectivity index (χ3n) is 3.04. The molecular formula is C16H18F3NO2. The monoisotopic (exact) mass is 313 g/mol. The van der Waals surface area contributed by atoms with Crippen LogP contribution in [0.15, 0.2) is 40.8 Å². The smallest absolute Gasteiger partial charge is 0.461 e. The number of hydrogen-bond acceptors (Lipinski definition) is 3. The van der Waals surface area contributed by atoms with Gasteiger partial charge in [0.25, 0.3) is 0 Å². The van der Waals surface area contributed by atoms with Gasteiger partial charge in [0.1, 0.15) is 17.3 Å². The van der Waals surface area contributed by atoms with Crippen LogP contribution in [0.4, 0.5) is 13.2 Å². The lowest BCUT2D eigenvalue weighted by molar-refractivity contribution is -0.274. The van der Waals surface area contributed by atoms with Gasteiger partial charge in [-0.25, -0.2) is 0 Å². The fourth-order valence-corrected chi connectivity index (χ4v) is 2.08. The summed E-state index contributed by atoms with van der Waals surface area (Å²) in [4.78, 5) is 2.09. The molecule has 0 N–H and O–H groups in total. The maximum atomic E-state index is 12.2. The Balaban J connectivity index is 2.05. The van der Waals surface area contributed by atoms with Crippen molar-refractivity contribution in [3.8, 4) is 17.1 Å². The van der Waals surface area contributed by atoms with Gasteiger partial charge < -0.3 is 14.1 Å². The molecule has 0 spiro atoms. The van der Waals surface area contributed by atoms with Crippen molar-refractivity contribution in [3.05, 3.63) is 42.2 Å². The van der Waals surface area contributed by atoms with Gasteiger partial charge in [-0.05, 0) is 51.3 Å². The summed E-state index contributed by atoms with van der Waals surface area (Å²) in [5.41, 5.74) is 0.556. The van der Waals surface area contributed by atoms with Crippen LogP contribution in [0, 0.1) is 0 Å². The van der Waals surface area contributed by atoms with Crippen molar-refractivity contribution in [2.75, 3.05) is 20.6 Å². The normalized spacial score (nSPS) is 11.9. The van der Waals surface area contributed by atoms with E-state index in [2.05, 4.69) is 9.64 Å². The van der Waals surface area contributed by atoms with Crippen LogP contribution in [-0.2, 0) is 6.42 Å². The van der Waals surface area contributed by atoms with Crippen molar-refractivity contribution in [2.24, 2.45) is 0 Å². The van der Waals surface area contributed by atoms with Crippen molar-refractivity contribution < 1.29 is 22.3 Å². The van der Waals surface area contributed by atoms with E-state index in [4.69, 9.17) is 4.42 Å². The van der Waals surface area contributed by atoms with E-state index in [9.17, 15) is 13.2 Å². The predicted octanol–water partition coefficient (Wildman–Crippen LogP) is 4.34. The maximum absolute atomic E-state index is 12.2. The van der Waals surface area contributed by atoms with Gasteiger partial charge in [-0.3, -0.25) is 0 Å². The van der Waals surface area contributed by atoms with E-state index >= 15 is 0 Å². The van der Waals surface area contributed by atoms with E-state index in [0.717, 1.165) is 25.1 Å². The molecule has 0 radical (unpaired) electrons. The average molecular weight is 313 g/mol. The van der Waals surface area contributed by atoms with Crippen LogP contribution in [0.3, 0.4) is 0 Å². The van der Waals surface area contributed by atoms with Gasteiger partial charge in [0.05, 0.1) is 0 Å². The topological polar surface area (TPSA) is 25.6 Å². The van der Waals surface area contributed by atoms with Gasteiger partial charge in [0.15, 0.2) is 0 Å². The zero-order chi connectivity index (χ0) is 16.2. The lowest BCUT2D eigenvalue weighted by Gasteiger charge is -2.09. The molecule has 0 aliphatic carbocycles. The molecule has 0 amide bonds. The summed E-state index contributed by atoms with van der Waals surface area (Å²) in [5, 5.41) is 0. The molecule has 0 aliphatic heterocycles. The van der Waals surface area contributed by atoms with Crippen LogP contribution < -0.4 is 4.74 Å². The number of alkyl halides is 3. The number of rotatable bonds is 6. The van der Waals surface area contributed by atoms with Crippen molar-refractivity contribution >= 4 is 0 Å². The van der Waals surface area contributed by atoms with Gasteiger partial charge in [-0.2, -0.15) is 0 Å². The third-order valence-corrected chi connectivity index (χ3v) is 3.04. The molecule has 0 unspecified atom stereocenters. The molecular weight excluding hydrogens is 295 g/mol. The highest BCUT2D eigenvalue weighted by molar-refractivity contribution is 5.59. The van der Waals surface area contributed by atoms with Crippen molar-refractivity contribution in [2.45, 2.75) is 19.2 Å². The molecule has 22 heavy (non-hydrogen) atoms. The predicted molar refractivity (Wildman–Crippen MR) is 77.7 cm³/mol. The second-order valence-corrected chi connectivity index (χ2v) is 5.25. The Kier molecular flexibility index (Phi) is 5.13. The first-order chi connectivity index (χ1) is 10.3. The molecule has 1 aromatic carbocycles. The Hall–Kier alpha value is -1.95.